The number of aromatic nitrogens is 3. The van der Waals surface area contributed by atoms with Crippen LogP contribution in [0.1, 0.15) is 22.8 Å². The van der Waals surface area contributed by atoms with Gasteiger partial charge < -0.3 is 14.6 Å². The number of para-hydroxylation sites is 1. The Bertz CT molecular complexity index is 1240. The van der Waals surface area contributed by atoms with Crippen molar-refractivity contribution in [3.05, 3.63) is 94.4 Å². The maximum atomic E-state index is 12.9. The molecule has 0 aliphatic rings. The zero-order chi connectivity index (χ0) is 20.9. The molecule has 0 saturated carbocycles. The molecule has 30 heavy (non-hydrogen) atoms. The molecule has 2 aromatic heterocycles. The molecule has 7 heteroatoms. The molecule has 2 heterocycles. The Balaban J connectivity index is 1.82. The molecule has 4 aromatic rings. The number of benzene rings is 2. The second-order valence-corrected chi connectivity index (χ2v) is 6.57. The summed E-state index contributed by atoms with van der Waals surface area (Å²) in [6.45, 7) is 2.42. The summed E-state index contributed by atoms with van der Waals surface area (Å²) in [6, 6.07) is 19.3. The molecular weight excluding hydrogens is 380 g/mol. The molecular formula is C23H20N4O3. The maximum Gasteiger partial charge on any atom is 0.343 e. The summed E-state index contributed by atoms with van der Waals surface area (Å²) in [5.74, 6) is -0.278. The standard InChI is InChI=1S/C23H20N4O3/c1-2-30-22(29)19-15-27(17-11-7-4-8-12-17)21-18(20(19)28)14-25-23(26-21)24-13-16-9-5-3-6-10-16/h3-12,14-15H,2,13H2,1H3,(H,24,25,26). The van der Waals surface area contributed by atoms with Crippen molar-refractivity contribution in [3.8, 4) is 5.69 Å². The SMILES string of the molecule is CCOC(=O)c1cn(-c2ccccc2)c2nc(NCc3ccccc3)ncc2c1=O. The van der Waals surface area contributed by atoms with Gasteiger partial charge in [0.15, 0.2) is 5.65 Å². The second kappa shape index (κ2) is 8.57. The molecule has 0 radical (unpaired) electrons. The van der Waals surface area contributed by atoms with Crippen LogP contribution in [0.4, 0.5) is 5.95 Å². The third kappa shape index (κ3) is 3.91. The highest BCUT2D eigenvalue weighted by Crippen LogP contribution is 2.17. The van der Waals surface area contributed by atoms with E-state index in [0.29, 0.717) is 18.1 Å². The first-order chi connectivity index (χ1) is 14.7. The second-order valence-electron chi connectivity index (χ2n) is 6.57. The number of fused-ring (bicyclic) bond motifs is 1. The fraction of sp³-hybridized carbons (Fsp3) is 0.130. The number of ether oxygens (including phenoxy) is 1. The number of nitrogens with one attached hydrogen (secondary N) is 1. The number of anilines is 1. The van der Waals surface area contributed by atoms with E-state index in [1.54, 1.807) is 11.5 Å². The molecule has 0 saturated heterocycles. The van der Waals surface area contributed by atoms with E-state index in [-0.39, 0.29) is 17.6 Å². The van der Waals surface area contributed by atoms with E-state index in [9.17, 15) is 9.59 Å². The van der Waals surface area contributed by atoms with Crippen molar-refractivity contribution in [2.45, 2.75) is 13.5 Å². The lowest BCUT2D eigenvalue weighted by Crippen LogP contribution is -2.21. The summed E-state index contributed by atoms with van der Waals surface area (Å²) in [4.78, 5) is 34.1. The van der Waals surface area contributed by atoms with Gasteiger partial charge in [-0.25, -0.2) is 9.78 Å². The Morgan fingerprint density at radius 2 is 1.77 bits per heavy atom. The first-order valence-corrected chi connectivity index (χ1v) is 9.60. The van der Waals surface area contributed by atoms with Gasteiger partial charge >= 0.3 is 5.97 Å². The molecule has 0 aliphatic heterocycles. The van der Waals surface area contributed by atoms with Crippen molar-refractivity contribution in [3.63, 3.8) is 0 Å². The zero-order valence-corrected chi connectivity index (χ0v) is 16.4. The Morgan fingerprint density at radius 3 is 2.47 bits per heavy atom. The molecule has 0 aliphatic carbocycles. The molecule has 0 fully saturated rings. The van der Waals surface area contributed by atoms with E-state index in [1.807, 2.05) is 60.7 Å². The van der Waals surface area contributed by atoms with Crippen LogP contribution in [0.5, 0.6) is 0 Å². The van der Waals surface area contributed by atoms with Crippen molar-refractivity contribution >= 4 is 23.0 Å². The molecule has 0 bridgehead atoms. The molecule has 0 atom stereocenters. The molecule has 4 rings (SSSR count). The number of rotatable bonds is 6. The normalized spacial score (nSPS) is 10.7. The molecule has 7 nitrogen and oxygen atoms in total. The minimum absolute atomic E-state index is 0.0539. The predicted molar refractivity (Wildman–Crippen MR) is 115 cm³/mol. The molecule has 1 N–H and O–H groups in total. The molecule has 2 aromatic carbocycles. The van der Waals surface area contributed by atoms with Crippen molar-refractivity contribution < 1.29 is 9.53 Å². The third-order valence-corrected chi connectivity index (χ3v) is 4.57. The topological polar surface area (TPSA) is 86.1 Å². The van der Waals surface area contributed by atoms with E-state index in [1.165, 1.54) is 12.4 Å². The summed E-state index contributed by atoms with van der Waals surface area (Å²) >= 11 is 0. The number of nitrogens with zero attached hydrogens (tertiary/aromatic N) is 3. The summed E-state index contributed by atoms with van der Waals surface area (Å²) in [5, 5.41) is 3.42. The van der Waals surface area contributed by atoms with Crippen LogP contribution < -0.4 is 10.7 Å². The fourth-order valence-corrected chi connectivity index (χ4v) is 3.11. The van der Waals surface area contributed by atoms with Gasteiger partial charge in [0.05, 0.1) is 12.0 Å². The number of hydrogen-bond acceptors (Lipinski definition) is 6. The van der Waals surface area contributed by atoms with Crippen LogP contribution in [0.3, 0.4) is 0 Å². The first-order valence-electron chi connectivity index (χ1n) is 9.60. The van der Waals surface area contributed by atoms with Gasteiger partial charge in [0.1, 0.15) is 5.56 Å². The Kier molecular flexibility index (Phi) is 5.52. The van der Waals surface area contributed by atoms with Gasteiger partial charge in [-0.15, -0.1) is 0 Å². The summed E-state index contributed by atoms with van der Waals surface area (Å²) < 4.78 is 6.76. The molecule has 0 spiro atoms. The highest BCUT2D eigenvalue weighted by Gasteiger charge is 2.18. The summed E-state index contributed by atoms with van der Waals surface area (Å²) in [5.41, 5.74) is 1.75. The van der Waals surface area contributed by atoms with Crippen LogP contribution >= 0.6 is 0 Å². The minimum Gasteiger partial charge on any atom is -0.462 e. The smallest absolute Gasteiger partial charge is 0.343 e. The van der Waals surface area contributed by atoms with Gasteiger partial charge in [0, 0.05) is 24.6 Å². The fourth-order valence-electron chi connectivity index (χ4n) is 3.11. The molecule has 150 valence electrons. The lowest BCUT2D eigenvalue weighted by atomic mass is 10.2. The molecule has 0 unspecified atom stereocenters. The number of hydrogen-bond donors (Lipinski definition) is 1. The zero-order valence-electron chi connectivity index (χ0n) is 16.4. The van der Waals surface area contributed by atoms with E-state index < -0.39 is 11.4 Å². The van der Waals surface area contributed by atoms with Crippen LogP contribution in [-0.4, -0.2) is 27.1 Å². The van der Waals surface area contributed by atoms with Gasteiger partial charge in [0.2, 0.25) is 11.4 Å². The number of esters is 1. The quantitative estimate of drug-likeness (QED) is 0.498. The lowest BCUT2D eigenvalue weighted by Gasteiger charge is -2.13. The van der Waals surface area contributed by atoms with Crippen LogP contribution in [-0.2, 0) is 11.3 Å². The predicted octanol–water partition coefficient (Wildman–Crippen LogP) is 3.57. The van der Waals surface area contributed by atoms with Crippen molar-refractivity contribution in [2.75, 3.05) is 11.9 Å². The van der Waals surface area contributed by atoms with E-state index in [2.05, 4.69) is 15.3 Å². The molecule has 0 amide bonds. The third-order valence-electron chi connectivity index (χ3n) is 4.57. The van der Waals surface area contributed by atoms with Crippen LogP contribution in [0.15, 0.2) is 77.9 Å². The number of carbonyl (C=O) groups is 1. The average Bonchev–Trinajstić information content (AvgIpc) is 2.79. The van der Waals surface area contributed by atoms with Gasteiger partial charge in [-0.05, 0) is 24.6 Å². The van der Waals surface area contributed by atoms with E-state index in [4.69, 9.17) is 4.74 Å². The van der Waals surface area contributed by atoms with Gasteiger partial charge in [-0.1, -0.05) is 48.5 Å². The Morgan fingerprint density at radius 1 is 1.07 bits per heavy atom. The monoisotopic (exact) mass is 400 g/mol. The van der Waals surface area contributed by atoms with Gasteiger partial charge in [0.25, 0.3) is 0 Å². The van der Waals surface area contributed by atoms with Crippen molar-refractivity contribution in [1.82, 2.24) is 14.5 Å². The van der Waals surface area contributed by atoms with Crippen LogP contribution in [0, 0.1) is 0 Å². The van der Waals surface area contributed by atoms with Gasteiger partial charge in [-0.2, -0.15) is 4.98 Å². The average molecular weight is 400 g/mol. The largest absolute Gasteiger partial charge is 0.462 e. The number of carbonyl (C=O) groups excluding carboxylic acids is 1. The van der Waals surface area contributed by atoms with Crippen LogP contribution in [0.25, 0.3) is 16.7 Å². The van der Waals surface area contributed by atoms with Crippen LogP contribution in [0.2, 0.25) is 0 Å². The van der Waals surface area contributed by atoms with E-state index >= 15 is 0 Å². The Labute approximate surface area is 173 Å². The van der Waals surface area contributed by atoms with Crippen molar-refractivity contribution in [1.29, 1.82) is 0 Å². The highest BCUT2D eigenvalue weighted by molar-refractivity contribution is 5.93. The van der Waals surface area contributed by atoms with Gasteiger partial charge in [-0.3, -0.25) is 4.79 Å². The Hall–Kier alpha value is -4.00. The minimum atomic E-state index is -0.666. The summed E-state index contributed by atoms with van der Waals surface area (Å²) in [6.07, 6.45) is 2.92. The summed E-state index contributed by atoms with van der Waals surface area (Å²) in [7, 11) is 0. The van der Waals surface area contributed by atoms with Crippen molar-refractivity contribution in [2.24, 2.45) is 0 Å². The number of pyridine rings is 1. The lowest BCUT2D eigenvalue weighted by molar-refractivity contribution is 0.0524. The van der Waals surface area contributed by atoms with E-state index in [0.717, 1.165) is 11.3 Å². The highest BCUT2D eigenvalue weighted by atomic mass is 16.5. The maximum absolute atomic E-state index is 12.9. The first kappa shape index (κ1) is 19.3.